The largest absolute Gasteiger partial charge is 0.349 e. The van der Waals surface area contributed by atoms with E-state index in [1.807, 2.05) is 0 Å². The van der Waals surface area contributed by atoms with Crippen molar-refractivity contribution in [3.8, 4) is 22.8 Å². The average molecular weight is 344 g/mol. The van der Waals surface area contributed by atoms with E-state index in [4.69, 9.17) is 11.6 Å². The number of benzene rings is 1. The lowest BCUT2D eigenvalue weighted by atomic mass is 10.2. The molecule has 0 saturated carbocycles. The number of nitrogens with zero attached hydrogens (tertiary/aromatic N) is 4. The molecule has 6 nitrogen and oxygen atoms in total. The highest BCUT2D eigenvalue weighted by Gasteiger charge is 2.20. The topological polar surface area (TPSA) is 72.7 Å². The van der Waals surface area contributed by atoms with Crippen LogP contribution in [-0.4, -0.2) is 32.2 Å². The number of fused-ring (bicyclic) bond motifs is 1. The summed E-state index contributed by atoms with van der Waals surface area (Å²) in [4.78, 5) is 20.3. The van der Waals surface area contributed by atoms with Crippen molar-refractivity contribution < 1.29 is 9.18 Å². The summed E-state index contributed by atoms with van der Waals surface area (Å²) in [5.74, 6) is -0.432. The van der Waals surface area contributed by atoms with Gasteiger partial charge in [-0.2, -0.15) is 5.10 Å². The number of hydrogen-bond acceptors (Lipinski definition) is 4. The second-order valence-electron chi connectivity index (χ2n) is 5.28. The molecule has 0 bridgehead atoms. The van der Waals surface area contributed by atoms with Crippen LogP contribution in [0.4, 0.5) is 4.39 Å². The average Bonchev–Trinajstić information content (AvgIpc) is 3.01. The lowest BCUT2D eigenvalue weighted by Gasteiger charge is -2.13. The van der Waals surface area contributed by atoms with Gasteiger partial charge in [0, 0.05) is 17.8 Å². The van der Waals surface area contributed by atoms with Gasteiger partial charge in [-0.1, -0.05) is 11.6 Å². The van der Waals surface area contributed by atoms with Crippen molar-refractivity contribution in [3.63, 3.8) is 0 Å². The van der Waals surface area contributed by atoms with Crippen LogP contribution in [0.1, 0.15) is 10.5 Å². The fraction of sp³-hybridized carbons (Fsp3) is 0.125. The Balaban J connectivity index is 1.77. The normalized spacial score (nSPS) is 13.5. The Morgan fingerprint density at radius 2 is 2.08 bits per heavy atom. The van der Waals surface area contributed by atoms with Crippen molar-refractivity contribution in [1.29, 1.82) is 0 Å². The molecule has 1 amide bonds. The van der Waals surface area contributed by atoms with Crippen LogP contribution in [-0.2, 0) is 6.54 Å². The number of rotatable bonds is 2. The first-order chi connectivity index (χ1) is 11.6. The fourth-order valence-electron chi connectivity index (χ4n) is 2.56. The third-order valence-corrected chi connectivity index (χ3v) is 3.95. The highest BCUT2D eigenvalue weighted by molar-refractivity contribution is 6.30. The number of amides is 1. The van der Waals surface area contributed by atoms with E-state index >= 15 is 0 Å². The van der Waals surface area contributed by atoms with Gasteiger partial charge in [0.25, 0.3) is 5.91 Å². The molecule has 4 rings (SSSR count). The van der Waals surface area contributed by atoms with E-state index in [9.17, 15) is 9.18 Å². The molecule has 0 saturated heterocycles. The van der Waals surface area contributed by atoms with Gasteiger partial charge in [-0.25, -0.2) is 14.4 Å². The zero-order valence-electron chi connectivity index (χ0n) is 12.3. The second kappa shape index (κ2) is 5.68. The minimum atomic E-state index is -0.497. The molecular formula is C16H11ClFN5O. The van der Waals surface area contributed by atoms with Crippen molar-refractivity contribution in [3.05, 3.63) is 53.1 Å². The molecule has 0 unspecified atom stereocenters. The maximum atomic E-state index is 14.1. The van der Waals surface area contributed by atoms with Crippen LogP contribution >= 0.6 is 11.6 Å². The van der Waals surface area contributed by atoms with Gasteiger partial charge in [-0.3, -0.25) is 9.48 Å². The lowest BCUT2D eigenvalue weighted by molar-refractivity contribution is 0.0924. The first-order valence-electron chi connectivity index (χ1n) is 7.27. The molecular weight excluding hydrogens is 333 g/mol. The molecule has 120 valence electrons. The molecule has 0 fully saturated rings. The zero-order valence-corrected chi connectivity index (χ0v) is 13.1. The monoisotopic (exact) mass is 343 g/mol. The molecule has 3 aromatic rings. The van der Waals surface area contributed by atoms with Gasteiger partial charge in [-0.05, 0) is 30.3 Å². The highest BCUT2D eigenvalue weighted by atomic mass is 35.5. The summed E-state index contributed by atoms with van der Waals surface area (Å²) in [6.07, 6.45) is 1.53. The van der Waals surface area contributed by atoms with Crippen molar-refractivity contribution >= 4 is 17.5 Å². The SMILES string of the molecule is O=C1NCCn2nc(-c3ccnc(-c4ccc(Cl)cc4F)n3)cc21. The maximum absolute atomic E-state index is 14.1. The summed E-state index contributed by atoms with van der Waals surface area (Å²) in [5, 5.41) is 7.46. The van der Waals surface area contributed by atoms with Crippen LogP contribution in [0, 0.1) is 5.82 Å². The summed E-state index contributed by atoms with van der Waals surface area (Å²) in [6, 6.07) is 7.66. The maximum Gasteiger partial charge on any atom is 0.269 e. The third-order valence-electron chi connectivity index (χ3n) is 3.71. The predicted molar refractivity (Wildman–Crippen MR) is 86.0 cm³/mol. The Morgan fingerprint density at radius 1 is 1.21 bits per heavy atom. The first kappa shape index (κ1) is 14.8. The van der Waals surface area contributed by atoms with Crippen LogP contribution in [0.5, 0.6) is 0 Å². The standard InChI is InChI=1S/C16H11ClFN5O/c17-9-1-2-10(11(18)7-9)15-19-4-3-12(21-15)13-8-14-16(24)20-5-6-23(14)22-13/h1-4,7-8H,5-6H2,(H,20,24). The summed E-state index contributed by atoms with van der Waals surface area (Å²) < 4.78 is 15.7. The minimum absolute atomic E-state index is 0.168. The van der Waals surface area contributed by atoms with E-state index in [2.05, 4.69) is 20.4 Å². The van der Waals surface area contributed by atoms with Crippen LogP contribution in [0.2, 0.25) is 5.02 Å². The Kier molecular flexibility index (Phi) is 3.50. The van der Waals surface area contributed by atoms with E-state index in [0.717, 1.165) is 0 Å². The smallest absolute Gasteiger partial charge is 0.269 e. The molecule has 1 aliphatic rings. The van der Waals surface area contributed by atoms with Gasteiger partial charge < -0.3 is 5.32 Å². The van der Waals surface area contributed by atoms with E-state index < -0.39 is 5.82 Å². The molecule has 0 radical (unpaired) electrons. The quantitative estimate of drug-likeness (QED) is 0.776. The summed E-state index contributed by atoms with van der Waals surface area (Å²) in [5.41, 5.74) is 1.79. The number of aromatic nitrogens is 4. The van der Waals surface area contributed by atoms with Crippen molar-refractivity contribution in [1.82, 2.24) is 25.1 Å². The molecule has 0 atom stereocenters. The lowest BCUT2D eigenvalue weighted by Crippen LogP contribution is -2.35. The van der Waals surface area contributed by atoms with Gasteiger partial charge in [0.1, 0.15) is 17.2 Å². The number of carbonyl (C=O) groups is 1. The van der Waals surface area contributed by atoms with Gasteiger partial charge in [0.15, 0.2) is 5.82 Å². The highest BCUT2D eigenvalue weighted by Crippen LogP contribution is 2.25. The van der Waals surface area contributed by atoms with E-state index in [1.54, 1.807) is 22.9 Å². The van der Waals surface area contributed by atoms with Crippen molar-refractivity contribution in [2.45, 2.75) is 6.54 Å². The molecule has 1 N–H and O–H groups in total. The van der Waals surface area contributed by atoms with Crippen LogP contribution in [0.25, 0.3) is 22.8 Å². The molecule has 0 aliphatic carbocycles. The molecule has 2 aromatic heterocycles. The molecule has 3 heterocycles. The number of halogens is 2. The molecule has 1 aromatic carbocycles. The Morgan fingerprint density at radius 3 is 2.88 bits per heavy atom. The summed E-state index contributed by atoms with van der Waals surface area (Å²) in [6.45, 7) is 1.14. The predicted octanol–water partition coefficient (Wildman–Crippen LogP) is 2.54. The molecule has 8 heteroatoms. The number of carbonyl (C=O) groups excluding carboxylic acids is 1. The molecule has 0 spiro atoms. The van der Waals surface area contributed by atoms with E-state index in [1.165, 1.54) is 18.3 Å². The fourth-order valence-corrected chi connectivity index (χ4v) is 2.72. The first-order valence-corrected chi connectivity index (χ1v) is 7.64. The van der Waals surface area contributed by atoms with Crippen LogP contribution in [0.15, 0.2) is 36.5 Å². The Hall–Kier alpha value is -2.80. The van der Waals surface area contributed by atoms with E-state index in [0.29, 0.717) is 35.2 Å². The van der Waals surface area contributed by atoms with Crippen LogP contribution < -0.4 is 5.32 Å². The van der Waals surface area contributed by atoms with Gasteiger partial charge in [-0.15, -0.1) is 0 Å². The Bertz CT molecular complexity index is 955. The van der Waals surface area contributed by atoms with Crippen LogP contribution in [0.3, 0.4) is 0 Å². The van der Waals surface area contributed by atoms with Crippen molar-refractivity contribution in [2.75, 3.05) is 6.54 Å². The van der Waals surface area contributed by atoms with Gasteiger partial charge >= 0.3 is 0 Å². The molecule has 24 heavy (non-hydrogen) atoms. The number of hydrogen-bond donors (Lipinski definition) is 1. The number of nitrogens with one attached hydrogen (secondary N) is 1. The summed E-state index contributed by atoms with van der Waals surface area (Å²) >= 11 is 5.77. The Labute approximate surface area is 141 Å². The minimum Gasteiger partial charge on any atom is -0.349 e. The van der Waals surface area contributed by atoms with E-state index in [-0.39, 0.29) is 17.3 Å². The third kappa shape index (κ3) is 2.52. The van der Waals surface area contributed by atoms with Gasteiger partial charge in [0.2, 0.25) is 0 Å². The summed E-state index contributed by atoms with van der Waals surface area (Å²) in [7, 11) is 0. The molecule has 1 aliphatic heterocycles. The van der Waals surface area contributed by atoms with Gasteiger partial charge in [0.05, 0.1) is 17.8 Å². The van der Waals surface area contributed by atoms with Crippen molar-refractivity contribution in [2.24, 2.45) is 0 Å². The second-order valence-corrected chi connectivity index (χ2v) is 5.72. The zero-order chi connectivity index (χ0) is 16.7.